The molecule has 0 spiro atoms. The minimum Gasteiger partial charge on any atom is -0.206 e. The molecule has 0 N–H and O–H groups in total. The molecule has 3 rings (SSSR count). The van der Waals surface area contributed by atoms with Crippen LogP contribution in [0.5, 0.6) is 0 Å². The fourth-order valence-corrected chi connectivity index (χ4v) is 3.63. The predicted octanol–water partition coefficient (Wildman–Crippen LogP) is 7.21. The Kier molecular flexibility index (Phi) is 5.27. The number of benzene rings is 2. The van der Waals surface area contributed by atoms with Crippen LogP contribution in [-0.2, 0) is 6.42 Å². The number of unbranched alkanes of at least 4 members (excludes halogenated alkanes) is 1. The zero-order valence-electron chi connectivity index (χ0n) is 13.9. The lowest BCUT2D eigenvalue weighted by Gasteiger charge is -2.07. The van der Waals surface area contributed by atoms with Crippen molar-refractivity contribution in [1.29, 1.82) is 0 Å². The zero-order chi connectivity index (χ0) is 16.9. The van der Waals surface area contributed by atoms with E-state index in [4.69, 9.17) is 0 Å². The Morgan fingerprint density at radius 1 is 1.00 bits per heavy atom. The van der Waals surface area contributed by atoms with E-state index in [2.05, 4.69) is 37.8 Å². The molecule has 1 heterocycles. The van der Waals surface area contributed by atoms with Crippen LogP contribution in [0.2, 0.25) is 0 Å². The summed E-state index contributed by atoms with van der Waals surface area (Å²) in [6, 6.07) is 17.9. The molecule has 0 aliphatic carbocycles. The first-order valence-electron chi connectivity index (χ1n) is 8.32. The number of rotatable bonds is 6. The van der Waals surface area contributed by atoms with Crippen molar-refractivity contribution in [2.24, 2.45) is 0 Å². The zero-order valence-corrected chi connectivity index (χ0v) is 14.7. The Labute approximate surface area is 147 Å². The van der Waals surface area contributed by atoms with Gasteiger partial charge in [0.15, 0.2) is 0 Å². The van der Waals surface area contributed by atoms with E-state index in [1.807, 2.05) is 24.3 Å². The molecule has 24 heavy (non-hydrogen) atoms. The highest BCUT2D eigenvalue weighted by Crippen LogP contribution is 2.33. The van der Waals surface area contributed by atoms with E-state index in [1.165, 1.54) is 18.4 Å². The molecular formula is C22H21FS. The first kappa shape index (κ1) is 16.7. The summed E-state index contributed by atoms with van der Waals surface area (Å²) in [5.74, 6) is -0.181. The fraction of sp³-hybridized carbons (Fsp3) is 0.182. The Bertz CT molecular complexity index is 827. The third-order valence-corrected chi connectivity index (χ3v) is 5.28. The van der Waals surface area contributed by atoms with Gasteiger partial charge in [0, 0.05) is 15.3 Å². The summed E-state index contributed by atoms with van der Waals surface area (Å²) in [6.45, 7) is 5.96. The fourth-order valence-electron chi connectivity index (χ4n) is 2.75. The van der Waals surface area contributed by atoms with Gasteiger partial charge in [-0.15, -0.1) is 11.3 Å². The van der Waals surface area contributed by atoms with Gasteiger partial charge in [-0.05, 0) is 53.8 Å². The van der Waals surface area contributed by atoms with Gasteiger partial charge in [-0.1, -0.05) is 56.3 Å². The summed E-state index contributed by atoms with van der Waals surface area (Å²) in [5.41, 5.74) is 3.96. The molecule has 0 bridgehead atoms. The quantitative estimate of drug-likeness (QED) is 0.446. The number of halogens is 1. The third kappa shape index (κ3) is 3.65. The van der Waals surface area contributed by atoms with Gasteiger partial charge >= 0.3 is 0 Å². The molecule has 0 nitrogen and oxygen atoms in total. The van der Waals surface area contributed by atoms with Crippen LogP contribution >= 0.6 is 11.3 Å². The lowest BCUT2D eigenvalue weighted by Crippen LogP contribution is -1.87. The maximum Gasteiger partial charge on any atom is 0.132 e. The molecule has 0 radical (unpaired) electrons. The monoisotopic (exact) mass is 336 g/mol. The smallest absolute Gasteiger partial charge is 0.132 e. The van der Waals surface area contributed by atoms with E-state index in [1.54, 1.807) is 23.5 Å². The van der Waals surface area contributed by atoms with Crippen LogP contribution in [0.15, 0.2) is 61.2 Å². The van der Waals surface area contributed by atoms with Crippen molar-refractivity contribution in [1.82, 2.24) is 0 Å². The van der Waals surface area contributed by atoms with Gasteiger partial charge in [-0.2, -0.15) is 0 Å². The minimum atomic E-state index is -0.181. The number of hydrogen-bond acceptors (Lipinski definition) is 1. The van der Waals surface area contributed by atoms with Crippen LogP contribution in [0.25, 0.3) is 27.6 Å². The number of hydrogen-bond donors (Lipinski definition) is 0. The largest absolute Gasteiger partial charge is 0.206 e. The first-order chi connectivity index (χ1) is 11.7. The standard InChI is InChI=1S/C22H21FS/c1-3-5-6-16-7-9-17(10-8-16)18-11-13-20(21(23)15-18)22-14-12-19(4-2)24-22/h4,7-15H,2-3,5-6H2,1H3. The molecule has 0 atom stereocenters. The van der Waals surface area contributed by atoms with Gasteiger partial charge in [-0.3, -0.25) is 0 Å². The lowest BCUT2D eigenvalue weighted by atomic mass is 10.00. The highest BCUT2D eigenvalue weighted by atomic mass is 32.1. The molecule has 0 saturated heterocycles. The Morgan fingerprint density at radius 2 is 1.75 bits per heavy atom. The van der Waals surface area contributed by atoms with E-state index in [0.717, 1.165) is 27.3 Å². The summed E-state index contributed by atoms with van der Waals surface area (Å²) in [6.07, 6.45) is 5.30. The van der Waals surface area contributed by atoms with Crippen molar-refractivity contribution in [3.05, 3.63) is 77.4 Å². The van der Waals surface area contributed by atoms with E-state index >= 15 is 0 Å². The molecule has 0 aliphatic rings. The van der Waals surface area contributed by atoms with Crippen LogP contribution in [0.3, 0.4) is 0 Å². The van der Waals surface area contributed by atoms with Crippen LogP contribution < -0.4 is 0 Å². The Balaban J connectivity index is 1.85. The molecule has 0 fully saturated rings. The van der Waals surface area contributed by atoms with Gasteiger partial charge in [0.05, 0.1) is 0 Å². The summed E-state index contributed by atoms with van der Waals surface area (Å²) < 4.78 is 14.6. The van der Waals surface area contributed by atoms with E-state index in [0.29, 0.717) is 5.56 Å². The highest BCUT2D eigenvalue weighted by molar-refractivity contribution is 7.16. The van der Waals surface area contributed by atoms with E-state index < -0.39 is 0 Å². The van der Waals surface area contributed by atoms with Crippen LogP contribution in [0.4, 0.5) is 4.39 Å². The van der Waals surface area contributed by atoms with Crippen molar-refractivity contribution in [3.8, 4) is 21.6 Å². The second-order valence-electron chi connectivity index (χ2n) is 5.90. The maximum absolute atomic E-state index is 14.6. The molecule has 0 aliphatic heterocycles. The molecule has 0 saturated carbocycles. The van der Waals surface area contributed by atoms with Crippen molar-refractivity contribution < 1.29 is 4.39 Å². The molecule has 3 aromatic rings. The van der Waals surface area contributed by atoms with Gasteiger partial charge in [-0.25, -0.2) is 4.39 Å². The van der Waals surface area contributed by atoms with Gasteiger partial charge in [0.25, 0.3) is 0 Å². The molecular weight excluding hydrogens is 315 g/mol. The highest BCUT2D eigenvalue weighted by Gasteiger charge is 2.09. The van der Waals surface area contributed by atoms with Crippen molar-refractivity contribution in [2.75, 3.05) is 0 Å². The van der Waals surface area contributed by atoms with Crippen molar-refractivity contribution in [2.45, 2.75) is 26.2 Å². The average molecular weight is 336 g/mol. The summed E-state index contributed by atoms with van der Waals surface area (Å²) in [5, 5.41) is 0. The molecule has 2 aromatic carbocycles. The van der Waals surface area contributed by atoms with Crippen molar-refractivity contribution in [3.63, 3.8) is 0 Å². The van der Waals surface area contributed by atoms with Crippen LogP contribution in [0, 0.1) is 5.82 Å². The molecule has 0 amide bonds. The predicted molar refractivity (Wildman–Crippen MR) is 104 cm³/mol. The minimum absolute atomic E-state index is 0.181. The second kappa shape index (κ2) is 7.59. The third-order valence-electron chi connectivity index (χ3n) is 4.17. The lowest BCUT2D eigenvalue weighted by molar-refractivity contribution is 0.632. The SMILES string of the molecule is C=Cc1ccc(-c2ccc(-c3ccc(CCCC)cc3)cc2F)s1. The summed E-state index contributed by atoms with van der Waals surface area (Å²) in [7, 11) is 0. The maximum atomic E-state index is 14.6. The van der Waals surface area contributed by atoms with E-state index in [9.17, 15) is 4.39 Å². The number of thiophene rings is 1. The van der Waals surface area contributed by atoms with Crippen LogP contribution in [-0.4, -0.2) is 0 Å². The van der Waals surface area contributed by atoms with E-state index in [-0.39, 0.29) is 5.82 Å². The topological polar surface area (TPSA) is 0 Å². The molecule has 0 unspecified atom stereocenters. The Hall–Kier alpha value is -2.19. The average Bonchev–Trinajstić information content (AvgIpc) is 3.09. The summed E-state index contributed by atoms with van der Waals surface area (Å²) in [4.78, 5) is 1.99. The number of aryl methyl sites for hydroxylation is 1. The van der Waals surface area contributed by atoms with Gasteiger partial charge in [0.1, 0.15) is 5.82 Å². The molecule has 122 valence electrons. The van der Waals surface area contributed by atoms with Gasteiger partial charge in [0.2, 0.25) is 0 Å². The normalized spacial score (nSPS) is 10.8. The van der Waals surface area contributed by atoms with Crippen molar-refractivity contribution >= 4 is 17.4 Å². The van der Waals surface area contributed by atoms with Gasteiger partial charge < -0.3 is 0 Å². The first-order valence-corrected chi connectivity index (χ1v) is 9.14. The molecule has 2 heteroatoms. The Morgan fingerprint density at radius 3 is 2.38 bits per heavy atom. The van der Waals surface area contributed by atoms with Crippen LogP contribution in [0.1, 0.15) is 30.2 Å². The molecule has 1 aromatic heterocycles. The summed E-state index contributed by atoms with van der Waals surface area (Å²) >= 11 is 1.55. The second-order valence-corrected chi connectivity index (χ2v) is 7.02.